The largest absolute Gasteiger partial charge is 0.394 e. The zero-order valence-electron chi connectivity index (χ0n) is 9.85. The number of aromatic nitrogens is 2. The first kappa shape index (κ1) is 13.2. The average Bonchev–Trinajstić information content (AvgIpc) is 2.76. The second-order valence-electron chi connectivity index (χ2n) is 3.57. The summed E-state index contributed by atoms with van der Waals surface area (Å²) >= 11 is 0. The highest BCUT2D eigenvalue weighted by Crippen LogP contribution is 1.96. The lowest BCUT2D eigenvalue weighted by Gasteiger charge is -2.03. The molecule has 0 aliphatic heterocycles. The second kappa shape index (κ2) is 8.27. The second-order valence-corrected chi connectivity index (χ2v) is 3.57. The van der Waals surface area contributed by atoms with E-state index < -0.39 is 0 Å². The molecule has 0 amide bonds. The number of ether oxygens (including phenoxy) is 1. The van der Waals surface area contributed by atoms with Gasteiger partial charge in [0, 0.05) is 31.5 Å². The molecule has 0 unspecified atom stereocenters. The van der Waals surface area contributed by atoms with Crippen LogP contribution in [0.5, 0.6) is 0 Å². The number of nitrogens with zero attached hydrogens (tertiary/aromatic N) is 2. The van der Waals surface area contributed by atoms with Crippen LogP contribution in [-0.2, 0) is 17.8 Å². The van der Waals surface area contributed by atoms with E-state index in [0.717, 1.165) is 26.1 Å². The highest BCUT2D eigenvalue weighted by atomic mass is 16.5. The number of hydrogen-bond acceptors (Lipinski definition) is 4. The van der Waals surface area contributed by atoms with Gasteiger partial charge in [-0.1, -0.05) is 0 Å². The van der Waals surface area contributed by atoms with Gasteiger partial charge in [0.2, 0.25) is 0 Å². The number of aryl methyl sites for hydroxylation is 1. The molecule has 1 aromatic rings. The van der Waals surface area contributed by atoms with Gasteiger partial charge in [0.25, 0.3) is 0 Å². The summed E-state index contributed by atoms with van der Waals surface area (Å²) in [6.45, 7) is 5.98. The fourth-order valence-electron chi connectivity index (χ4n) is 1.37. The van der Waals surface area contributed by atoms with Crippen molar-refractivity contribution in [2.45, 2.75) is 26.4 Å². The van der Waals surface area contributed by atoms with Crippen molar-refractivity contribution in [3.05, 3.63) is 18.0 Å². The van der Waals surface area contributed by atoms with Gasteiger partial charge in [-0.25, -0.2) is 0 Å². The standard InChI is InChI=1S/C11H21N3O2/c1-2-14-10-11(9-13-14)8-12-4-3-6-16-7-5-15/h9-10,12,15H,2-8H2,1H3. The first-order valence-electron chi connectivity index (χ1n) is 5.77. The van der Waals surface area contributed by atoms with Crippen LogP contribution in [0.1, 0.15) is 18.9 Å². The van der Waals surface area contributed by atoms with Crippen LogP contribution < -0.4 is 5.32 Å². The molecule has 5 heteroatoms. The van der Waals surface area contributed by atoms with Gasteiger partial charge in [0.15, 0.2) is 0 Å². The molecule has 1 aromatic heterocycles. The lowest BCUT2D eigenvalue weighted by Crippen LogP contribution is -2.16. The minimum atomic E-state index is 0.101. The van der Waals surface area contributed by atoms with E-state index in [2.05, 4.69) is 23.5 Å². The number of nitrogens with one attached hydrogen (secondary N) is 1. The molecule has 16 heavy (non-hydrogen) atoms. The van der Waals surface area contributed by atoms with Crippen molar-refractivity contribution in [1.29, 1.82) is 0 Å². The molecular formula is C11H21N3O2. The minimum absolute atomic E-state index is 0.101. The highest BCUT2D eigenvalue weighted by Gasteiger charge is 1.96. The zero-order valence-corrected chi connectivity index (χ0v) is 9.85. The summed E-state index contributed by atoms with van der Waals surface area (Å²) in [4.78, 5) is 0. The van der Waals surface area contributed by atoms with Gasteiger partial charge in [-0.2, -0.15) is 5.10 Å². The molecule has 1 rings (SSSR count). The third-order valence-corrected chi connectivity index (χ3v) is 2.22. The van der Waals surface area contributed by atoms with Crippen molar-refractivity contribution < 1.29 is 9.84 Å². The van der Waals surface area contributed by atoms with Crippen molar-refractivity contribution in [1.82, 2.24) is 15.1 Å². The number of hydrogen-bond donors (Lipinski definition) is 2. The Morgan fingerprint density at radius 2 is 2.38 bits per heavy atom. The van der Waals surface area contributed by atoms with E-state index in [0.29, 0.717) is 13.2 Å². The van der Waals surface area contributed by atoms with Crippen molar-refractivity contribution in [2.24, 2.45) is 0 Å². The molecule has 1 heterocycles. The zero-order chi connectivity index (χ0) is 11.6. The smallest absolute Gasteiger partial charge is 0.0697 e. The van der Waals surface area contributed by atoms with Crippen LogP contribution in [0, 0.1) is 0 Å². The fraction of sp³-hybridized carbons (Fsp3) is 0.727. The Labute approximate surface area is 96.4 Å². The van der Waals surface area contributed by atoms with Gasteiger partial charge in [-0.15, -0.1) is 0 Å². The Bertz CT molecular complexity index is 276. The molecule has 0 aromatic carbocycles. The van der Waals surface area contributed by atoms with Crippen molar-refractivity contribution >= 4 is 0 Å². The molecule has 0 fully saturated rings. The molecule has 5 nitrogen and oxygen atoms in total. The molecule has 0 aliphatic rings. The molecule has 0 saturated heterocycles. The summed E-state index contributed by atoms with van der Waals surface area (Å²) in [5.41, 5.74) is 1.21. The molecule has 0 saturated carbocycles. The molecule has 0 radical (unpaired) electrons. The van der Waals surface area contributed by atoms with Gasteiger partial charge in [0.05, 0.1) is 19.4 Å². The van der Waals surface area contributed by atoms with E-state index in [4.69, 9.17) is 9.84 Å². The van der Waals surface area contributed by atoms with Crippen LogP contribution in [0.2, 0.25) is 0 Å². The fourth-order valence-corrected chi connectivity index (χ4v) is 1.37. The quantitative estimate of drug-likeness (QED) is 0.599. The lowest BCUT2D eigenvalue weighted by atomic mass is 10.3. The van der Waals surface area contributed by atoms with Crippen LogP contribution >= 0.6 is 0 Å². The minimum Gasteiger partial charge on any atom is -0.394 e. The average molecular weight is 227 g/mol. The van der Waals surface area contributed by atoms with Gasteiger partial charge in [0.1, 0.15) is 0 Å². The Kier molecular flexibility index (Phi) is 6.80. The SMILES string of the molecule is CCn1cc(CNCCCOCCO)cn1. The van der Waals surface area contributed by atoms with Gasteiger partial charge in [-0.3, -0.25) is 4.68 Å². The molecule has 0 aliphatic carbocycles. The van der Waals surface area contributed by atoms with E-state index in [9.17, 15) is 0 Å². The van der Waals surface area contributed by atoms with Gasteiger partial charge >= 0.3 is 0 Å². The van der Waals surface area contributed by atoms with Crippen LogP contribution in [0.15, 0.2) is 12.4 Å². The summed E-state index contributed by atoms with van der Waals surface area (Å²) in [5.74, 6) is 0. The van der Waals surface area contributed by atoms with E-state index in [1.165, 1.54) is 5.56 Å². The number of aliphatic hydroxyl groups excluding tert-OH is 1. The Morgan fingerprint density at radius 1 is 1.50 bits per heavy atom. The first-order chi connectivity index (χ1) is 7.86. The molecular weight excluding hydrogens is 206 g/mol. The Hall–Kier alpha value is -0.910. The third kappa shape index (κ3) is 5.25. The molecule has 2 N–H and O–H groups in total. The highest BCUT2D eigenvalue weighted by molar-refractivity contribution is 5.02. The van der Waals surface area contributed by atoms with Crippen LogP contribution in [0.4, 0.5) is 0 Å². The predicted octanol–water partition coefficient (Wildman–Crippen LogP) is 0.392. The topological polar surface area (TPSA) is 59.3 Å². The maximum atomic E-state index is 8.49. The molecule has 92 valence electrons. The Morgan fingerprint density at radius 3 is 3.06 bits per heavy atom. The maximum absolute atomic E-state index is 8.49. The van der Waals surface area contributed by atoms with Crippen LogP contribution in [0.25, 0.3) is 0 Å². The van der Waals surface area contributed by atoms with E-state index in [1.54, 1.807) is 0 Å². The van der Waals surface area contributed by atoms with Gasteiger partial charge < -0.3 is 15.2 Å². The van der Waals surface area contributed by atoms with Gasteiger partial charge in [-0.05, 0) is 19.9 Å². The van der Waals surface area contributed by atoms with Crippen LogP contribution in [0.3, 0.4) is 0 Å². The molecule has 0 spiro atoms. The van der Waals surface area contributed by atoms with E-state index in [-0.39, 0.29) is 6.61 Å². The normalized spacial score (nSPS) is 10.9. The van der Waals surface area contributed by atoms with E-state index in [1.807, 2.05) is 10.9 Å². The third-order valence-electron chi connectivity index (χ3n) is 2.22. The maximum Gasteiger partial charge on any atom is 0.0697 e. The summed E-state index contributed by atoms with van der Waals surface area (Å²) in [6.07, 6.45) is 4.90. The lowest BCUT2D eigenvalue weighted by molar-refractivity contribution is 0.0907. The number of rotatable bonds is 9. The summed E-state index contributed by atoms with van der Waals surface area (Å²) in [6, 6.07) is 0. The molecule has 0 atom stereocenters. The predicted molar refractivity (Wildman–Crippen MR) is 62.1 cm³/mol. The molecule has 0 bridgehead atoms. The van der Waals surface area contributed by atoms with Crippen molar-refractivity contribution in [3.63, 3.8) is 0 Å². The summed E-state index contributed by atoms with van der Waals surface area (Å²) in [7, 11) is 0. The van der Waals surface area contributed by atoms with Crippen LogP contribution in [-0.4, -0.2) is 41.3 Å². The number of aliphatic hydroxyl groups is 1. The first-order valence-corrected chi connectivity index (χ1v) is 5.77. The summed E-state index contributed by atoms with van der Waals surface area (Å²) < 4.78 is 7.07. The van der Waals surface area contributed by atoms with Crippen molar-refractivity contribution in [3.8, 4) is 0 Å². The summed E-state index contributed by atoms with van der Waals surface area (Å²) in [5, 5.41) is 16.0. The van der Waals surface area contributed by atoms with Crippen molar-refractivity contribution in [2.75, 3.05) is 26.4 Å². The monoisotopic (exact) mass is 227 g/mol. The van der Waals surface area contributed by atoms with E-state index >= 15 is 0 Å². The Balaban J connectivity index is 1.98.